The quantitative estimate of drug-likeness (QED) is 0.496. The number of pyridine rings is 1. The number of ketones is 1. The van der Waals surface area contributed by atoms with Crippen LogP contribution in [-0.4, -0.2) is 36.3 Å². The second-order valence-electron chi connectivity index (χ2n) is 8.73. The fourth-order valence-corrected chi connectivity index (χ4v) is 5.25. The molecule has 2 aromatic rings. The lowest BCUT2D eigenvalue weighted by molar-refractivity contribution is -0.0445. The third kappa shape index (κ3) is 2.96. The minimum Gasteiger partial charge on any atom is -0.492 e. The average molecular weight is 429 g/mol. The van der Waals surface area contributed by atoms with E-state index in [0.717, 1.165) is 48.4 Å². The normalized spacial score (nSPS) is 23.2. The molecule has 0 atom stereocenters. The number of benzene rings is 1. The first-order valence-corrected chi connectivity index (χ1v) is 10.8. The van der Waals surface area contributed by atoms with Crippen LogP contribution < -0.4 is 15.2 Å². The smallest absolute Gasteiger partial charge is 0.193 e. The molecule has 3 saturated carbocycles. The molecule has 1 aromatic heterocycles. The lowest BCUT2D eigenvalue weighted by atomic mass is 9.49. The Kier molecular flexibility index (Phi) is 4.67. The van der Waals surface area contributed by atoms with Gasteiger partial charge in [-0.2, -0.15) is 0 Å². The van der Waals surface area contributed by atoms with E-state index in [1.54, 1.807) is 19.4 Å². The van der Waals surface area contributed by atoms with Crippen LogP contribution in [0.1, 0.15) is 48.5 Å². The molecule has 1 aromatic carbocycles. The fraction of sp³-hybridized carbons (Fsp3) is 0.478. The summed E-state index contributed by atoms with van der Waals surface area (Å²) < 4.78 is 13.0. The number of Topliss-reactive ketones (excluding diaryl/α,β-unsaturated/α-hetero) is 1. The largest absolute Gasteiger partial charge is 0.492 e. The van der Waals surface area contributed by atoms with Gasteiger partial charge in [0.25, 0.3) is 0 Å². The number of aromatic nitrogens is 1. The highest BCUT2D eigenvalue weighted by atomic mass is 35.5. The second-order valence-corrected chi connectivity index (χ2v) is 9.14. The molecule has 0 radical (unpaired) electrons. The van der Waals surface area contributed by atoms with E-state index in [4.69, 9.17) is 21.1 Å². The molecule has 7 heteroatoms. The van der Waals surface area contributed by atoms with Crippen molar-refractivity contribution in [2.45, 2.75) is 44.7 Å². The van der Waals surface area contributed by atoms with E-state index in [9.17, 15) is 9.59 Å². The summed E-state index contributed by atoms with van der Waals surface area (Å²) in [6, 6.07) is 5.44. The Hall–Kier alpha value is -2.31. The maximum Gasteiger partial charge on any atom is 0.193 e. The molecule has 1 aliphatic heterocycles. The number of ether oxygens (including phenoxy) is 2. The molecule has 30 heavy (non-hydrogen) atoms. The van der Waals surface area contributed by atoms with Crippen molar-refractivity contribution in [2.24, 2.45) is 5.92 Å². The maximum absolute atomic E-state index is 12.6. The maximum atomic E-state index is 12.6. The van der Waals surface area contributed by atoms with Gasteiger partial charge in [-0.25, -0.2) is 0 Å². The third-order valence-corrected chi connectivity index (χ3v) is 7.02. The standard InChI is InChI=1S/C23H25ClN2O4/c1-14(27)18-13-25-20(8-21(18)28)17-7-19(24)22(30-5-3-4-29-2)6-16(17)12-26(25)23-9-15(10-23)11-23/h6-8,13,15H,3-5,9-12H2,1-2H3. The van der Waals surface area contributed by atoms with E-state index in [-0.39, 0.29) is 22.3 Å². The number of carbonyl (C=O) groups excluding carboxylic acids is 1. The first-order valence-electron chi connectivity index (χ1n) is 10.4. The van der Waals surface area contributed by atoms with Crippen LogP contribution in [0.25, 0.3) is 11.3 Å². The van der Waals surface area contributed by atoms with E-state index < -0.39 is 0 Å². The molecule has 158 valence electrons. The van der Waals surface area contributed by atoms with Crippen LogP contribution >= 0.6 is 11.6 Å². The molecular formula is C23H25ClN2O4. The van der Waals surface area contributed by atoms with Gasteiger partial charge in [-0.1, -0.05) is 11.6 Å². The van der Waals surface area contributed by atoms with E-state index in [1.807, 2.05) is 16.8 Å². The monoisotopic (exact) mass is 428 g/mol. The summed E-state index contributed by atoms with van der Waals surface area (Å²) in [5.74, 6) is 1.25. The van der Waals surface area contributed by atoms with Crippen LogP contribution in [0.5, 0.6) is 5.75 Å². The van der Waals surface area contributed by atoms with Gasteiger partial charge in [-0.3, -0.25) is 14.3 Å². The number of hydrogen-bond acceptors (Lipinski definition) is 5. The highest BCUT2D eigenvalue weighted by Gasteiger charge is 2.61. The van der Waals surface area contributed by atoms with Crippen molar-refractivity contribution in [1.82, 2.24) is 4.68 Å². The van der Waals surface area contributed by atoms with Gasteiger partial charge in [0.1, 0.15) is 5.75 Å². The Morgan fingerprint density at radius 1 is 1.23 bits per heavy atom. The number of carbonyl (C=O) groups is 1. The van der Waals surface area contributed by atoms with Crippen LogP contribution in [0.2, 0.25) is 5.02 Å². The van der Waals surface area contributed by atoms with E-state index >= 15 is 0 Å². The molecule has 4 aliphatic rings. The third-order valence-electron chi connectivity index (χ3n) is 6.73. The first kappa shape index (κ1) is 19.6. The Labute approximate surface area is 180 Å². The van der Waals surface area contributed by atoms with Crippen LogP contribution in [0, 0.1) is 5.92 Å². The highest BCUT2D eigenvalue weighted by Crippen LogP contribution is 2.61. The first-order chi connectivity index (χ1) is 14.4. The number of fused-ring (bicyclic) bond motifs is 3. The van der Waals surface area contributed by atoms with Gasteiger partial charge in [0, 0.05) is 38.0 Å². The zero-order chi connectivity index (χ0) is 21.0. The Morgan fingerprint density at radius 3 is 2.63 bits per heavy atom. The zero-order valence-corrected chi connectivity index (χ0v) is 18.0. The number of hydrogen-bond donors (Lipinski definition) is 0. The molecule has 6 nitrogen and oxygen atoms in total. The Morgan fingerprint density at radius 2 is 2.00 bits per heavy atom. The molecule has 0 N–H and O–H groups in total. The van der Waals surface area contributed by atoms with Gasteiger partial charge in [0.05, 0.1) is 35.0 Å². The van der Waals surface area contributed by atoms with Crippen molar-refractivity contribution in [3.8, 4) is 17.0 Å². The lowest BCUT2D eigenvalue weighted by Crippen LogP contribution is -2.71. The fourth-order valence-electron chi connectivity index (χ4n) is 5.03. The number of rotatable bonds is 7. The molecule has 0 saturated heterocycles. The highest BCUT2D eigenvalue weighted by molar-refractivity contribution is 6.32. The van der Waals surface area contributed by atoms with E-state index in [0.29, 0.717) is 30.5 Å². The minimum atomic E-state index is -0.254. The molecule has 0 amide bonds. The topological polar surface area (TPSA) is 60.8 Å². The summed E-state index contributed by atoms with van der Waals surface area (Å²) >= 11 is 6.52. The van der Waals surface area contributed by atoms with Crippen molar-refractivity contribution in [2.75, 3.05) is 25.3 Å². The predicted octanol–water partition coefficient (Wildman–Crippen LogP) is 3.79. The minimum absolute atomic E-state index is 0.124. The van der Waals surface area contributed by atoms with Crippen LogP contribution in [-0.2, 0) is 11.3 Å². The van der Waals surface area contributed by atoms with Crippen molar-refractivity contribution in [3.63, 3.8) is 0 Å². The second kappa shape index (κ2) is 7.13. The van der Waals surface area contributed by atoms with Crippen LogP contribution in [0.15, 0.2) is 29.2 Å². The summed E-state index contributed by atoms with van der Waals surface area (Å²) in [5, 5.41) is 2.85. The lowest BCUT2D eigenvalue weighted by Gasteiger charge is -2.67. The average Bonchev–Trinajstić information content (AvgIpc) is 2.63. The van der Waals surface area contributed by atoms with Crippen LogP contribution in [0.3, 0.4) is 0 Å². The van der Waals surface area contributed by atoms with Gasteiger partial charge in [-0.05, 0) is 49.8 Å². The summed E-state index contributed by atoms with van der Waals surface area (Å²) in [6.07, 6.45) is 5.99. The summed E-state index contributed by atoms with van der Waals surface area (Å²) in [7, 11) is 1.67. The summed E-state index contributed by atoms with van der Waals surface area (Å²) in [4.78, 5) is 24.6. The van der Waals surface area contributed by atoms with Crippen molar-refractivity contribution in [3.05, 3.63) is 50.8 Å². The summed E-state index contributed by atoms with van der Waals surface area (Å²) in [5.41, 5.74) is 2.88. The molecule has 3 aliphatic carbocycles. The molecule has 2 bridgehead atoms. The van der Waals surface area contributed by atoms with Gasteiger partial charge in [0.15, 0.2) is 11.2 Å². The Bertz CT molecular complexity index is 1080. The SMILES string of the molecule is COCCCOc1cc2c(cc1Cl)-c1cc(=O)c(C(C)=O)cn1N(C13CC(C1)C3)C2. The van der Waals surface area contributed by atoms with Gasteiger partial charge in [0.2, 0.25) is 0 Å². The van der Waals surface area contributed by atoms with Crippen molar-refractivity contribution >= 4 is 17.4 Å². The summed E-state index contributed by atoms with van der Waals surface area (Å²) in [6.45, 7) is 3.30. The molecule has 6 rings (SSSR count). The van der Waals surface area contributed by atoms with E-state index in [1.165, 1.54) is 6.92 Å². The van der Waals surface area contributed by atoms with Gasteiger partial charge in [-0.15, -0.1) is 0 Å². The van der Waals surface area contributed by atoms with Gasteiger partial charge < -0.3 is 14.5 Å². The Balaban J connectivity index is 1.58. The van der Waals surface area contributed by atoms with E-state index in [2.05, 4.69) is 5.01 Å². The van der Waals surface area contributed by atoms with Crippen molar-refractivity contribution in [1.29, 1.82) is 0 Å². The molecule has 0 unspecified atom stereocenters. The molecule has 2 heterocycles. The molecular weight excluding hydrogens is 404 g/mol. The number of halogens is 1. The zero-order valence-electron chi connectivity index (χ0n) is 17.2. The van der Waals surface area contributed by atoms with Gasteiger partial charge >= 0.3 is 0 Å². The number of methoxy groups -OCH3 is 1. The molecule has 0 spiro atoms. The van der Waals surface area contributed by atoms with Crippen molar-refractivity contribution < 1.29 is 14.3 Å². The van der Waals surface area contributed by atoms with Crippen LogP contribution in [0.4, 0.5) is 0 Å². The predicted molar refractivity (Wildman–Crippen MR) is 115 cm³/mol. The molecule has 3 fully saturated rings. The number of nitrogens with zero attached hydrogens (tertiary/aromatic N) is 2.